The van der Waals surface area contributed by atoms with Gasteiger partial charge >= 0.3 is 0 Å². The second-order valence-electron chi connectivity index (χ2n) is 6.47. The molecule has 2 aromatic heterocycles. The molecule has 1 aliphatic rings. The molecule has 1 aliphatic carbocycles. The standard InChI is InChI=1S/C15H23N3S/c1-11(2)15(3,10-16-12-4-5-12)8-13-9-18-6-7-19-14(18)17-13/h6-7,9,11-12,16H,4-5,8,10H2,1-3H3. The van der Waals surface area contributed by atoms with Crippen molar-refractivity contribution in [3.05, 3.63) is 23.5 Å². The molecule has 3 rings (SSSR count). The first-order valence-corrected chi connectivity index (χ1v) is 8.09. The molecule has 0 spiro atoms. The van der Waals surface area contributed by atoms with Crippen LogP contribution in [-0.2, 0) is 6.42 Å². The van der Waals surface area contributed by atoms with E-state index in [-0.39, 0.29) is 5.41 Å². The second-order valence-corrected chi connectivity index (χ2v) is 7.34. The van der Waals surface area contributed by atoms with Gasteiger partial charge in [-0.3, -0.25) is 4.40 Å². The minimum absolute atomic E-state index is 0.284. The van der Waals surface area contributed by atoms with Crippen LogP contribution in [0.4, 0.5) is 0 Å². The maximum atomic E-state index is 4.74. The van der Waals surface area contributed by atoms with Gasteiger partial charge in [-0.2, -0.15) is 0 Å². The van der Waals surface area contributed by atoms with Gasteiger partial charge in [-0.25, -0.2) is 4.98 Å². The lowest BCUT2D eigenvalue weighted by Crippen LogP contribution is -2.38. The van der Waals surface area contributed by atoms with E-state index in [1.54, 1.807) is 11.3 Å². The quantitative estimate of drug-likeness (QED) is 0.877. The van der Waals surface area contributed by atoms with E-state index in [2.05, 4.69) is 48.3 Å². The predicted molar refractivity (Wildman–Crippen MR) is 80.7 cm³/mol. The van der Waals surface area contributed by atoms with Crippen LogP contribution < -0.4 is 5.32 Å². The summed E-state index contributed by atoms with van der Waals surface area (Å²) in [5, 5.41) is 5.78. The summed E-state index contributed by atoms with van der Waals surface area (Å²) in [7, 11) is 0. The van der Waals surface area contributed by atoms with Crippen molar-refractivity contribution >= 4 is 16.3 Å². The van der Waals surface area contributed by atoms with Crippen molar-refractivity contribution < 1.29 is 0 Å². The summed E-state index contributed by atoms with van der Waals surface area (Å²) in [4.78, 5) is 5.84. The van der Waals surface area contributed by atoms with Crippen molar-refractivity contribution in [3.8, 4) is 0 Å². The Labute approximate surface area is 119 Å². The third-order valence-corrected chi connectivity index (χ3v) is 5.26. The highest BCUT2D eigenvalue weighted by Crippen LogP contribution is 2.32. The molecule has 0 amide bonds. The van der Waals surface area contributed by atoms with Crippen LogP contribution in [0.15, 0.2) is 17.8 Å². The monoisotopic (exact) mass is 277 g/mol. The zero-order chi connectivity index (χ0) is 13.5. The van der Waals surface area contributed by atoms with Crippen LogP contribution in [0, 0.1) is 11.3 Å². The van der Waals surface area contributed by atoms with Crippen LogP contribution in [0.5, 0.6) is 0 Å². The Bertz CT molecular complexity index is 524. The lowest BCUT2D eigenvalue weighted by Gasteiger charge is -2.33. The number of fused-ring (bicyclic) bond motifs is 1. The van der Waals surface area contributed by atoms with E-state index in [1.165, 1.54) is 18.5 Å². The highest BCUT2D eigenvalue weighted by Gasteiger charge is 2.32. The average Bonchev–Trinajstić information content (AvgIpc) is 2.96. The largest absolute Gasteiger partial charge is 0.313 e. The summed E-state index contributed by atoms with van der Waals surface area (Å²) in [5.41, 5.74) is 1.51. The molecule has 2 aromatic rings. The number of hydrogen-bond donors (Lipinski definition) is 1. The van der Waals surface area contributed by atoms with E-state index in [1.807, 2.05) is 0 Å². The normalized spacial score (nSPS) is 19.2. The molecule has 1 fully saturated rings. The maximum absolute atomic E-state index is 4.74. The molecule has 104 valence electrons. The number of imidazole rings is 1. The van der Waals surface area contributed by atoms with Crippen LogP contribution in [0.3, 0.4) is 0 Å². The zero-order valence-electron chi connectivity index (χ0n) is 12.0. The number of thiazole rings is 1. The van der Waals surface area contributed by atoms with Gasteiger partial charge in [-0.05, 0) is 30.6 Å². The molecule has 0 aliphatic heterocycles. The Morgan fingerprint density at radius 3 is 2.95 bits per heavy atom. The van der Waals surface area contributed by atoms with E-state index in [0.717, 1.165) is 24.0 Å². The van der Waals surface area contributed by atoms with Gasteiger partial charge < -0.3 is 5.32 Å². The maximum Gasteiger partial charge on any atom is 0.193 e. The lowest BCUT2D eigenvalue weighted by atomic mass is 9.75. The smallest absolute Gasteiger partial charge is 0.193 e. The molecule has 2 heterocycles. The Morgan fingerprint density at radius 1 is 1.53 bits per heavy atom. The molecular weight excluding hydrogens is 254 g/mol. The third-order valence-electron chi connectivity index (χ3n) is 4.49. The molecule has 0 saturated heterocycles. The molecule has 1 saturated carbocycles. The predicted octanol–water partition coefficient (Wildman–Crippen LogP) is 3.35. The SMILES string of the molecule is CC(C)C(C)(CNC1CC1)Cc1cn2ccsc2n1. The molecule has 1 unspecified atom stereocenters. The van der Waals surface area contributed by atoms with Crippen molar-refractivity contribution in [3.63, 3.8) is 0 Å². The minimum Gasteiger partial charge on any atom is -0.313 e. The van der Waals surface area contributed by atoms with E-state index in [4.69, 9.17) is 4.98 Å². The van der Waals surface area contributed by atoms with Gasteiger partial charge in [-0.15, -0.1) is 11.3 Å². The van der Waals surface area contributed by atoms with Gasteiger partial charge in [0.05, 0.1) is 5.69 Å². The molecule has 4 heteroatoms. The van der Waals surface area contributed by atoms with Crippen LogP contribution in [0.1, 0.15) is 39.3 Å². The van der Waals surface area contributed by atoms with Gasteiger partial charge in [0.25, 0.3) is 0 Å². The molecule has 0 aromatic carbocycles. The molecule has 0 bridgehead atoms. The Hall–Kier alpha value is -0.870. The summed E-state index contributed by atoms with van der Waals surface area (Å²) in [6.45, 7) is 8.14. The van der Waals surface area contributed by atoms with Crippen LogP contribution in [0.2, 0.25) is 0 Å². The second kappa shape index (κ2) is 4.91. The number of hydrogen-bond acceptors (Lipinski definition) is 3. The first-order valence-electron chi connectivity index (χ1n) is 7.21. The van der Waals surface area contributed by atoms with Gasteiger partial charge in [0.15, 0.2) is 4.96 Å². The molecule has 0 radical (unpaired) electrons. The first kappa shape index (κ1) is 13.1. The highest BCUT2D eigenvalue weighted by atomic mass is 32.1. The first-order chi connectivity index (χ1) is 9.07. The molecule has 19 heavy (non-hydrogen) atoms. The summed E-state index contributed by atoms with van der Waals surface area (Å²) >= 11 is 1.71. The van der Waals surface area contributed by atoms with Gasteiger partial charge in [-0.1, -0.05) is 20.8 Å². The fourth-order valence-corrected chi connectivity index (χ4v) is 3.13. The summed E-state index contributed by atoms with van der Waals surface area (Å²) in [6.07, 6.45) is 8.04. The Kier molecular flexibility index (Phi) is 3.39. The molecule has 1 N–H and O–H groups in total. The van der Waals surface area contributed by atoms with Gasteiger partial charge in [0, 0.05) is 30.4 Å². The van der Waals surface area contributed by atoms with Crippen LogP contribution >= 0.6 is 11.3 Å². The van der Waals surface area contributed by atoms with Crippen LogP contribution in [0.25, 0.3) is 4.96 Å². The van der Waals surface area contributed by atoms with E-state index in [0.29, 0.717) is 5.92 Å². The van der Waals surface area contributed by atoms with Gasteiger partial charge in [0.1, 0.15) is 0 Å². The number of nitrogens with zero attached hydrogens (tertiary/aromatic N) is 2. The highest BCUT2D eigenvalue weighted by molar-refractivity contribution is 7.15. The van der Waals surface area contributed by atoms with E-state index >= 15 is 0 Å². The van der Waals surface area contributed by atoms with Crippen molar-refractivity contribution in [1.29, 1.82) is 0 Å². The third kappa shape index (κ3) is 2.84. The number of aromatic nitrogens is 2. The van der Waals surface area contributed by atoms with E-state index in [9.17, 15) is 0 Å². The molecular formula is C15H23N3S. The summed E-state index contributed by atoms with van der Waals surface area (Å²) in [5.74, 6) is 0.651. The Morgan fingerprint density at radius 2 is 2.32 bits per heavy atom. The van der Waals surface area contributed by atoms with Crippen LogP contribution in [-0.4, -0.2) is 22.0 Å². The molecule has 3 nitrogen and oxygen atoms in total. The summed E-state index contributed by atoms with van der Waals surface area (Å²) < 4.78 is 2.13. The number of rotatable bonds is 6. The topological polar surface area (TPSA) is 29.3 Å². The van der Waals surface area contributed by atoms with Crippen molar-refractivity contribution in [2.75, 3.05) is 6.54 Å². The van der Waals surface area contributed by atoms with Gasteiger partial charge in [0.2, 0.25) is 0 Å². The van der Waals surface area contributed by atoms with Crippen molar-refractivity contribution in [1.82, 2.24) is 14.7 Å². The van der Waals surface area contributed by atoms with Crippen molar-refractivity contribution in [2.24, 2.45) is 11.3 Å². The van der Waals surface area contributed by atoms with Crippen molar-refractivity contribution in [2.45, 2.75) is 46.1 Å². The minimum atomic E-state index is 0.284. The summed E-state index contributed by atoms with van der Waals surface area (Å²) in [6, 6.07) is 0.781. The lowest BCUT2D eigenvalue weighted by molar-refractivity contribution is 0.205. The number of nitrogens with one attached hydrogen (secondary N) is 1. The zero-order valence-corrected chi connectivity index (χ0v) is 12.8. The fourth-order valence-electron chi connectivity index (χ4n) is 2.41. The average molecular weight is 277 g/mol. The van der Waals surface area contributed by atoms with E-state index < -0.39 is 0 Å². The fraction of sp³-hybridized carbons (Fsp3) is 0.667. The Balaban J connectivity index is 1.73. The molecule has 1 atom stereocenters.